The highest BCUT2D eigenvalue weighted by Gasteiger charge is 2.38. The zero-order valence-electron chi connectivity index (χ0n) is 24.8. The molecule has 2 rings (SSSR count). The number of nitrogens with zero attached hydrogens (tertiary/aromatic N) is 2. The smallest absolute Gasteiger partial charge is 0.269 e. The van der Waals surface area contributed by atoms with Crippen LogP contribution in [0.1, 0.15) is 53.4 Å². The second-order valence-electron chi connectivity index (χ2n) is 10.5. The van der Waals surface area contributed by atoms with E-state index in [1.54, 1.807) is 13.8 Å². The molecule has 16 heteroatoms. The number of hydrogen-bond acceptors (Lipinski definition) is 9. The SMILES string of the molecule is CONC(=O)CCC(=O)N[C@@H](C)C(=O)N[C@@H](C)C(=O)N1CCC[C@H]1C(=O)N[C@H](C(=O)Nc1ccc([N+](=O)[O-])cc1)C(C)C. The highest BCUT2D eigenvalue weighted by molar-refractivity contribution is 5.99. The Labute approximate surface area is 248 Å². The fourth-order valence-electron chi connectivity index (χ4n) is 4.39. The van der Waals surface area contributed by atoms with Crippen molar-refractivity contribution in [1.29, 1.82) is 0 Å². The van der Waals surface area contributed by atoms with Crippen LogP contribution in [0.2, 0.25) is 0 Å². The third kappa shape index (κ3) is 10.3. The van der Waals surface area contributed by atoms with Crippen LogP contribution in [0.25, 0.3) is 0 Å². The van der Waals surface area contributed by atoms with E-state index in [-0.39, 0.29) is 31.0 Å². The van der Waals surface area contributed by atoms with Crippen LogP contribution < -0.4 is 26.7 Å². The molecule has 1 aromatic rings. The third-order valence-electron chi connectivity index (χ3n) is 6.73. The molecule has 1 aliphatic rings. The van der Waals surface area contributed by atoms with Crippen LogP contribution in [0.15, 0.2) is 24.3 Å². The maximum Gasteiger partial charge on any atom is 0.269 e. The van der Waals surface area contributed by atoms with Gasteiger partial charge >= 0.3 is 0 Å². The number of anilines is 1. The maximum absolute atomic E-state index is 13.2. The van der Waals surface area contributed by atoms with Gasteiger partial charge in [0.25, 0.3) is 5.69 Å². The summed E-state index contributed by atoms with van der Waals surface area (Å²) in [5.41, 5.74) is 2.27. The zero-order chi connectivity index (χ0) is 32.3. The minimum Gasteiger partial charge on any atom is -0.345 e. The molecule has 5 N–H and O–H groups in total. The molecule has 236 valence electrons. The number of likely N-dealkylation sites (tertiary alicyclic amines) is 1. The average Bonchev–Trinajstić information content (AvgIpc) is 3.44. The molecule has 43 heavy (non-hydrogen) atoms. The highest BCUT2D eigenvalue weighted by Crippen LogP contribution is 2.20. The van der Waals surface area contributed by atoms with Crippen molar-refractivity contribution in [2.75, 3.05) is 19.0 Å². The fraction of sp³-hybridized carbons (Fsp3) is 0.556. The van der Waals surface area contributed by atoms with Crippen molar-refractivity contribution in [3.63, 3.8) is 0 Å². The number of non-ortho nitro benzene ring substituents is 1. The summed E-state index contributed by atoms with van der Waals surface area (Å²) in [6.07, 6.45) is 0.581. The van der Waals surface area contributed by atoms with Gasteiger partial charge < -0.3 is 26.2 Å². The first kappa shape index (κ1) is 34.6. The molecular weight excluding hydrogens is 566 g/mol. The van der Waals surface area contributed by atoms with Crippen molar-refractivity contribution in [1.82, 2.24) is 26.3 Å². The van der Waals surface area contributed by atoms with Crippen LogP contribution in [0.4, 0.5) is 11.4 Å². The Morgan fingerprint density at radius 3 is 2.14 bits per heavy atom. The van der Waals surface area contributed by atoms with E-state index in [2.05, 4.69) is 31.6 Å². The summed E-state index contributed by atoms with van der Waals surface area (Å²) >= 11 is 0. The molecule has 1 fully saturated rings. The number of rotatable bonds is 14. The van der Waals surface area contributed by atoms with E-state index in [4.69, 9.17) is 0 Å². The van der Waals surface area contributed by atoms with Gasteiger partial charge in [-0.05, 0) is 44.7 Å². The molecule has 1 saturated heterocycles. The monoisotopic (exact) mass is 605 g/mol. The van der Waals surface area contributed by atoms with E-state index in [0.717, 1.165) is 0 Å². The number of nitro groups is 1. The lowest BCUT2D eigenvalue weighted by Gasteiger charge is -2.30. The summed E-state index contributed by atoms with van der Waals surface area (Å²) in [4.78, 5) is 91.6. The van der Waals surface area contributed by atoms with Gasteiger partial charge in [-0.3, -0.25) is 43.7 Å². The van der Waals surface area contributed by atoms with Crippen molar-refractivity contribution in [3.8, 4) is 0 Å². The number of carbonyl (C=O) groups excluding carboxylic acids is 6. The van der Waals surface area contributed by atoms with Gasteiger partial charge in [0.1, 0.15) is 24.2 Å². The van der Waals surface area contributed by atoms with Gasteiger partial charge in [-0.25, -0.2) is 5.48 Å². The maximum atomic E-state index is 13.2. The van der Waals surface area contributed by atoms with Gasteiger partial charge in [0, 0.05) is 37.2 Å². The second kappa shape index (κ2) is 16.1. The van der Waals surface area contributed by atoms with E-state index in [1.807, 2.05) is 0 Å². The van der Waals surface area contributed by atoms with E-state index in [1.165, 1.54) is 50.1 Å². The number of nitro benzene ring substituents is 1. The first-order chi connectivity index (χ1) is 20.2. The molecule has 4 atom stereocenters. The largest absolute Gasteiger partial charge is 0.345 e. The summed E-state index contributed by atoms with van der Waals surface area (Å²) in [5.74, 6) is -3.54. The van der Waals surface area contributed by atoms with E-state index in [0.29, 0.717) is 18.5 Å². The van der Waals surface area contributed by atoms with Crippen molar-refractivity contribution >= 4 is 46.8 Å². The summed E-state index contributed by atoms with van der Waals surface area (Å²) in [6.45, 7) is 6.65. The number of hydrogen-bond donors (Lipinski definition) is 5. The molecule has 0 radical (unpaired) electrons. The second-order valence-corrected chi connectivity index (χ2v) is 10.5. The number of amides is 6. The summed E-state index contributed by atoms with van der Waals surface area (Å²) in [7, 11) is 1.26. The standard InChI is InChI=1S/C27H39N7O9/c1-15(2)23(26(39)30-18-8-10-19(11-9-18)34(41)42)31-25(38)20-7-6-14-33(20)27(40)17(4)29-24(37)16(3)28-21(35)12-13-22(36)32-43-5/h8-11,15-17,20,23H,6-7,12-14H2,1-5H3,(H,28,35)(H,29,37)(H,30,39)(H,31,38)(H,32,36)/t16-,17-,20-,23-/m0/s1. The van der Waals surface area contributed by atoms with Crippen molar-refractivity contribution in [2.24, 2.45) is 5.92 Å². The highest BCUT2D eigenvalue weighted by atomic mass is 16.6. The lowest BCUT2D eigenvalue weighted by Crippen LogP contribution is -2.57. The normalized spacial score (nSPS) is 16.4. The Morgan fingerprint density at radius 2 is 1.56 bits per heavy atom. The van der Waals surface area contributed by atoms with Crippen molar-refractivity contribution in [2.45, 2.75) is 77.5 Å². The molecule has 0 saturated carbocycles. The Kier molecular flexibility index (Phi) is 13.0. The lowest BCUT2D eigenvalue weighted by atomic mass is 10.0. The molecule has 1 heterocycles. The van der Waals surface area contributed by atoms with Crippen LogP contribution in [0, 0.1) is 16.0 Å². The van der Waals surface area contributed by atoms with Crippen molar-refractivity contribution < 1.29 is 38.5 Å². The van der Waals surface area contributed by atoms with Crippen molar-refractivity contribution in [3.05, 3.63) is 34.4 Å². The summed E-state index contributed by atoms with van der Waals surface area (Å²) in [6, 6.07) is 1.44. The number of nitrogens with one attached hydrogen (secondary N) is 5. The Hall–Kier alpha value is -4.60. The first-order valence-corrected chi connectivity index (χ1v) is 13.8. The summed E-state index contributed by atoms with van der Waals surface area (Å²) < 4.78 is 0. The van der Waals surface area contributed by atoms with Gasteiger partial charge in [0.05, 0.1) is 12.0 Å². The topological polar surface area (TPSA) is 218 Å². The van der Waals surface area contributed by atoms with Crippen LogP contribution >= 0.6 is 0 Å². The average molecular weight is 606 g/mol. The van der Waals surface area contributed by atoms with E-state index >= 15 is 0 Å². The van der Waals surface area contributed by atoms with Gasteiger partial charge in [0.15, 0.2) is 0 Å². The molecule has 1 aliphatic heterocycles. The molecule has 0 bridgehead atoms. The Morgan fingerprint density at radius 1 is 0.930 bits per heavy atom. The minimum atomic E-state index is -1.01. The molecule has 0 spiro atoms. The molecule has 0 aromatic heterocycles. The van der Waals surface area contributed by atoms with Crippen LogP contribution in [-0.4, -0.2) is 83.1 Å². The van der Waals surface area contributed by atoms with E-state index < -0.39 is 64.5 Å². The molecule has 6 amide bonds. The zero-order valence-corrected chi connectivity index (χ0v) is 24.8. The van der Waals surface area contributed by atoms with Gasteiger partial charge in [-0.15, -0.1) is 0 Å². The van der Waals surface area contributed by atoms with Gasteiger partial charge in [0.2, 0.25) is 35.4 Å². The number of carbonyl (C=O) groups is 6. The van der Waals surface area contributed by atoms with Gasteiger partial charge in [-0.2, -0.15) is 0 Å². The quantitative estimate of drug-likeness (QED) is 0.144. The number of hydroxylamine groups is 1. The predicted octanol–water partition coefficient (Wildman–Crippen LogP) is 0.132. The molecule has 0 aliphatic carbocycles. The minimum absolute atomic E-state index is 0.133. The van der Waals surface area contributed by atoms with E-state index in [9.17, 15) is 38.9 Å². The lowest BCUT2D eigenvalue weighted by molar-refractivity contribution is -0.384. The molecule has 1 aromatic carbocycles. The van der Waals surface area contributed by atoms with Crippen LogP contribution in [0.5, 0.6) is 0 Å². The molecule has 16 nitrogen and oxygen atoms in total. The van der Waals surface area contributed by atoms with Gasteiger partial charge in [-0.1, -0.05) is 13.8 Å². The summed E-state index contributed by atoms with van der Waals surface area (Å²) in [5, 5.41) is 21.2. The molecule has 0 unspecified atom stereocenters. The first-order valence-electron chi connectivity index (χ1n) is 13.8. The fourth-order valence-corrected chi connectivity index (χ4v) is 4.39. The van der Waals surface area contributed by atoms with Crippen LogP contribution in [0.3, 0.4) is 0 Å². The van der Waals surface area contributed by atoms with Crippen LogP contribution in [-0.2, 0) is 33.6 Å². The Balaban J connectivity index is 1.95. The number of benzene rings is 1. The predicted molar refractivity (Wildman–Crippen MR) is 153 cm³/mol. The Bertz CT molecular complexity index is 1210. The third-order valence-corrected chi connectivity index (χ3v) is 6.73. The molecular formula is C27H39N7O9.